The summed E-state index contributed by atoms with van der Waals surface area (Å²) in [7, 11) is 0. The normalized spacial score (nSPS) is 18.8. The Kier molecular flexibility index (Phi) is 2.98. The number of nitrogens with zero attached hydrogens (tertiary/aromatic N) is 4. The molecule has 0 spiro atoms. The van der Waals surface area contributed by atoms with E-state index in [1.807, 2.05) is 12.1 Å². The number of carbonyl (C=O) groups is 1. The quantitative estimate of drug-likeness (QED) is 0.815. The Morgan fingerprint density at radius 2 is 2.37 bits per heavy atom. The Balaban J connectivity index is 1.78. The van der Waals surface area contributed by atoms with Crippen molar-refractivity contribution in [1.29, 1.82) is 0 Å². The minimum atomic E-state index is 0.0921. The van der Waals surface area contributed by atoms with E-state index in [9.17, 15) is 4.79 Å². The second-order valence-electron chi connectivity index (χ2n) is 4.64. The van der Waals surface area contributed by atoms with Crippen LogP contribution < -0.4 is 0 Å². The van der Waals surface area contributed by atoms with Gasteiger partial charge in [-0.2, -0.15) is 0 Å². The molecule has 1 amide bonds. The van der Waals surface area contributed by atoms with Gasteiger partial charge in [-0.3, -0.25) is 9.78 Å². The number of likely N-dealkylation sites (tertiary alicyclic amines) is 1. The molecule has 1 aliphatic heterocycles. The van der Waals surface area contributed by atoms with E-state index >= 15 is 0 Å². The molecule has 1 saturated heterocycles. The highest BCUT2D eigenvalue weighted by Crippen LogP contribution is 2.28. The van der Waals surface area contributed by atoms with Crippen LogP contribution in [0, 0.1) is 0 Å². The van der Waals surface area contributed by atoms with Gasteiger partial charge in [0, 0.05) is 32.4 Å². The van der Waals surface area contributed by atoms with Gasteiger partial charge < -0.3 is 9.32 Å². The van der Waals surface area contributed by atoms with E-state index in [2.05, 4.69) is 15.2 Å². The molecule has 1 aliphatic rings. The summed E-state index contributed by atoms with van der Waals surface area (Å²) in [5.74, 6) is 1.31. The van der Waals surface area contributed by atoms with Gasteiger partial charge >= 0.3 is 0 Å². The van der Waals surface area contributed by atoms with E-state index < -0.39 is 0 Å². The Morgan fingerprint density at radius 1 is 1.47 bits per heavy atom. The molecule has 0 bridgehead atoms. The Hall–Kier alpha value is -2.24. The van der Waals surface area contributed by atoms with E-state index in [0.29, 0.717) is 18.3 Å². The highest BCUT2D eigenvalue weighted by atomic mass is 16.4. The van der Waals surface area contributed by atoms with Gasteiger partial charge in [-0.1, -0.05) is 0 Å². The molecule has 6 nitrogen and oxygen atoms in total. The average molecular weight is 258 g/mol. The number of carbonyl (C=O) groups excluding carboxylic acids is 1. The molecule has 3 rings (SSSR count). The lowest BCUT2D eigenvalue weighted by Gasteiger charge is -2.11. The van der Waals surface area contributed by atoms with Gasteiger partial charge in [0.2, 0.25) is 17.7 Å². The minimum Gasteiger partial charge on any atom is -0.420 e. The van der Waals surface area contributed by atoms with Crippen molar-refractivity contribution in [2.24, 2.45) is 0 Å². The molecule has 1 unspecified atom stereocenters. The van der Waals surface area contributed by atoms with E-state index in [1.54, 1.807) is 24.2 Å². The molecular formula is C13H14N4O2. The van der Waals surface area contributed by atoms with Gasteiger partial charge in [0.15, 0.2) is 0 Å². The summed E-state index contributed by atoms with van der Waals surface area (Å²) in [5, 5.41) is 8.13. The Labute approximate surface area is 110 Å². The molecule has 2 aromatic heterocycles. The SMILES string of the molecule is CC(=O)N1CCC(c2nnc(-c3cccnc3)o2)C1. The maximum absolute atomic E-state index is 11.3. The summed E-state index contributed by atoms with van der Waals surface area (Å²) < 4.78 is 5.68. The fraction of sp³-hybridized carbons (Fsp3) is 0.385. The van der Waals surface area contributed by atoms with Gasteiger partial charge in [0.05, 0.1) is 11.5 Å². The lowest BCUT2D eigenvalue weighted by molar-refractivity contribution is -0.127. The van der Waals surface area contributed by atoms with Crippen molar-refractivity contribution in [2.75, 3.05) is 13.1 Å². The van der Waals surface area contributed by atoms with E-state index in [1.165, 1.54) is 0 Å². The Morgan fingerprint density at radius 3 is 3.05 bits per heavy atom. The van der Waals surface area contributed by atoms with Crippen molar-refractivity contribution in [3.8, 4) is 11.5 Å². The first kappa shape index (κ1) is 11.8. The zero-order valence-electron chi connectivity index (χ0n) is 10.6. The first-order chi connectivity index (χ1) is 9.24. The fourth-order valence-corrected chi connectivity index (χ4v) is 2.25. The number of amides is 1. The highest BCUT2D eigenvalue weighted by molar-refractivity contribution is 5.73. The highest BCUT2D eigenvalue weighted by Gasteiger charge is 2.29. The topological polar surface area (TPSA) is 72.1 Å². The smallest absolute Gasteiger partial charge is 0.249 e. The molecule has 6 heteroatoms. The molecule has 0 aliphatic carbocycles. The maximum Gasteiger partial charge on any atom is 0.249 e. The molecule has 0 saturated carbocycles. The lowest BCUT2D eigenvalue weighted by Crippen LogP contribution is -2.25. The van der Waals surface area contributed by atoms with Crippen molar-refractivity contribution in [3.05, 3.63) is 30.4 Å². The van der Waals surface area contributed by atoms with Crippen LogP contribution in [-0.4, -0.2) is 39.1 Å². The fourth-order valence-electron chi connectivity index (χ4n) is 2.25. The third-order valence-corrected chi connectivity index (χ3v) is 3.33. The molecule has 2 aromatic rings. The zero-order chi connectivity index (χ0) is 13.2. The van der Waals surface area contributed by atoms with Crippen LogP contribution in [0.2, 0.25) is 0 Å². The molecule has 3 heterocycles. The third kappa shape index (κ3) is 2.33. The predicted molar refractivity (Wildman–Crippen MR) is 67.1 cm³/mol. The monoisotopic (exact) mass is 258 g/mol. The van der Waals surface area contributed by atoms with Gasteiger partial charge in [-0.25, -0.2) is 0 Å². The standard InChI is InChI=1S/C13H14N4O2/c1-9(18)17-6-4-11(8-17)13-16-15-12(19-13)10-3-2-5-14-7-10/h2-3,5,7,11H,4,6,8H2,1H3. The molecule has 0 aromatic carbocycles. The summed E-state index contributed by atoms with van der Waals surface area (Å²) >= 11 is 0. The minimum absolute atomic E-state index is 0.0921. The lowest BCUT2D eigenvalue weighted by atomic mass is 10.1. The van der Waals surface area contributed by atoms with Crippen LogP contribution in [0.4, 0.5) is 0 Å². The molecule has 1 fully saturated rings. The van der Waals surface area contributed by atoms with Crippen molar-refractivity contribution >= 4 is 5.91 Å². The molecule has 1 atom stereocenters. The maximum atomic E-state index is 11.3. The summed E-state index contributed by atoms with van der Waals surface area (Å²) in [5.41, 5.74) is 0.808. The van der Waals surface area contributed by atoms with Crippen molar-refractivity contribution in [3.63, 3.8) is 0 Å². The third-order valence-electron chi connectivity index (χ3n) is 3.33. The molecular weight excluding hydrogens is 244 g/mol. The zero-order valence-corrected chi connectivity index (χ0v) is 10.6. The number of rotatable bonds is 2. The van der Waals surface area contributed by atoms with Crippen LogP contribution in [0.5, 0.6) is 0 Å². The van der Waals surface area contributed by atoms with Gasteiger partial charge in [-0.15, -0.1) is 10.2 Å². The van der Waals surface area contributed by atoms with Crippen molar-refractivity contribution < 1.29 is 9.21 Å². The first-order valence-electron chi connectivity index (χ1n) is 6.23. The van der Waals surface area contributed by atoms with Crippen LogP contribution in [0.25, 0.3) is 11.5 Å². The molecule has 0 radical (unpaired) electrons. The van der Waals surface area contributed by atoms with Crippen LogP contribution in [0.3, 0.4) is 0 Å². The predicted octanol–water partition coefficient (Wildman–Crippen LogP) is 1.47. The van der Waals surface area contributed by atoms with E-state index in [4.69, 9.17) is 4.42 Å². The molecule has 0 N–H and O–H groups in total. The molecule has 19 heavy (non-hydrogen) atoms. The number of pyridine rings is 1. The average Bonchev–Trinajstić information content (AvgIpc) is 3.09. The summed E-state index contributed by atoms with van der Waals surface area (Å²) in [6.07, 6.45) is 4.25. The van der Waals surface area contributed by atoms with Crippen LogP contribution in [0.15, 0.2) is 28.9 Å². The number of aromatic nitrogens is 3. The second kappa shape index (κ2) is 4.79. The van der Waals surface area contributed by atoms with Crippen molar-refractivity contribution in [2.45, 2.75) is 19.3 Å². The van der Waals surface area contributed by atoms with Crippen molar-refractivity contribution in [1.82, 2.24) is 20.1 Å². The molecule has 98 valence electrons. The number of hydrogen-bond donors (Lipinski definition) is 0. The largest absolute Gasteiger partial charge is 0.420 e. The van der Waals surface area contributed by atoms with Crippen LogP contribution >= 0.6 is 0 Å². The van der Waals surface area contributed by atoms with Crippen LogP contribution in [0.1, 0.15) is 25.2 Å². The summed E-state index contributed by atoms with van der Waals surface area (Å²) in [6, 6.07) is 3.70. The first-order valence-corrected chi connectivity index (χ1v) is 6.23. The summed E-state index contributed by atoms with van der Waals surface area (Å²) in [6.45, 7) is 2.99. The van der Waals surface area contributed by atoms with E-state index in [0.717, 1.165) is 18.5 Å². The van der Waals surface area contributed by atoms with Gasteiger partial charge in [-0.05, 0) is 18.6 Å². The summed E-state index contributed by atoms with van der Waals surface area (Å²) in [4.78, 5) is 17.1. The Bertz CT molecular complexity index is 581. The van der Waals surface area contributed by atoms with Gasteiger partial charge in [0.25, 0.3) is 0 Å². The van der Waals surface area contributed by atoms with E-state index in [-0.39, 0.29) is 11.8 Å². The van der Waals surface area contributed by atoms with Crippen LogP contribution in [-0.2, 0) is 4.79 Å². The number of hydrogen-bond acceptors (Lipinski definition) is 5. The second-order valence-corrected chi connectivity index (χ2v) is 4.64. The van der Waals surface area contributed by atoms with Gasteiger partial charge in [0.1, 0.15) is 0 Å².